The van der Waals surface area contributed by atoms with Crippen LogP contribution in [-0.2, 0) is 6.42 Å². The second-order valence-corrected chi connectivity index (χ2v) is 2.83. The van der Waals surface area contributed by atoms with Crippen LogP contribution in [0.15, 0.2) is 36.0 Å². The molecule has 0 unspecified atom stereocenters. The van der Waals surface area contributed by atoms with Gasteiger partial charge in [0.15, 0.2) is 0 Å². The Labute approximate surface area is 83.8 Å². The fourth-order valence-electron chi connectivity index (χ4n) is 1.17. The second kappa shape index (κ2) is 5.07. The van der Waals surface area contributed by atoms with Crippen LogP contribution in [-0.4, -0.2) is 18.4 Å². The number of benzene rings is 1. The summed E-state index contributed by atoms with van der Waals surface area (Å²) < 4.78 is 0. The van der Waals surface area contributed by atoms with Crippen LogP contribution in [0.3, 0.4) is 0 Å². The minimum atomic E-state index is 0.270. The topological polar surface area (TPSA) is 44.6 Å². The summed E-state index contributed by atoms with van der Waals surface area (Å²) in [6.45, 7) is 3.63. The molecule has 3 heteroatoms. The van der Waals surface area contributed by atoms with Gasteiger partial charge in [0.1, 0.15) is 5.75 Å². The highest BCUT2D eigenvalue weighted by atomic mass is 16.3. The lowest BCUT2D eigenvalue weighted by atomic mass is 10.1. The van der Waals surface area contributed by atoms with E-state index in [2.05, 4.69) is 17.1 Å². The normalized spacial score (nSPS) is 10.4. The highest BCUT2D eigenvalue weighted by Gasteiger charge is 2.02. The van der Waals surface area contributed by atoms with Crippen LogP contribution in [0, 0.1) is 0 Å². The van der Waals surface area contributed by atoms with Gasteiger partial charge < -0.3 is 10.5 Å². The molecule has 0 saturated heterocycles. The second-order valence-electron chi connectivity index (χ2n) is 2.83. The number of hydrogen-bond donors (Lipinski definition) is 2. The molecule has 0 atom stereocenters. The summed E-state index contributed by atoms with van der Waals surface area (Å²) in [5, 5.41) is 13.6. The molecule has 0 aliphatic carbocycles. The average Bonchev–Trinajstić information content (AvgIpc) is 2.20. The first kappa shape index (κ1) is 10.3. The number of nitrogens with one attached hydrogen (secondary N) is 1. The molecule has 0 fully saturated rings. The van der Waals surface area contributed by atoms with E-state index in [0.717, 1.165) is 5.56 Å². The van der Waals surface area contributed by atoms with Crippen molar-refractivity contribution < 1.29 is 5.11 Å². The van der Waals surface area contributed by atoms with Gasteiger partial charge in [-0.15, -0.1) is 6.58 Å². The molecule has 0 bridgehead atoms. The van der Waals surface area contributed by atoms with E-state index in [1.165, 1.54) is 0 Å². The van der Waals surface area contributed by atoms with Crippen LogP contribution in [0.25, 0.3) is 0 Å². The minimum Gasteiger partial charge on any atom is -0.507 e. The molecule has 0 aliphatic rings. The minimum absolute atomic E-state index is 0.270. The summed E-state index contributed by atoms with van der Waals surface area (Å²) in [6.07, 6.45) is 4.00. The largest absolute Gasteiger partial charge is 0.507 e. The van der Waals surface area contributed by atoms with Gasteiger partial charge in [0, 0.05) is 12.6 Å². The molecule has 0 saturated carbocycles. The molecule has 0 amide bonds. The Kier molecular flexibility index (Phi) is 3.73. The summed E-state index contributed by atoms with van der Waals surface area (Å²) in [4.78, 5) is 0. The Morgan fingerprint density at radius 1 is 1.57 bits per heavy atom. The predicted molar refractivity (Wildman–Crippen MR) is 58.7 cm³/mol. The molecular formula is C11H14N2O. The maximum Gasteiger partial charge on any atom is 0.127 e. The summed E-state index contributed by atoms with van der Waals surface area (Å²) >= 11 is 0. The molecule has 0 aliphatic heterocycles. The molecule has 0 radical (unpaired) electrons. The van der Waals surface area contributed by atoms with E-state index in [4.69, 9.17) is 0 Å². The molecule has 0 heterocycles. The highest BCUT2D eigenvalue weighted by molar-refractivity contribution is 5.83. The third kappa shape index (κ3) is 2.36. The predicted octanol–water partition coefficient (Wildman–Crippen LogP) is 1.67. The maximum absolute atomic E-state index is 9.78. The summed E-state index contributed by atoms with van der Waals surface area (Å²) in [6, 6.07) is 5.56. The molecule has 3 nitrogen and oxygen atoms in total. The van der Waals surface area contributed by atoms with Crippen LogP contribution >= 0.6 is 0 Å². The van der Waals surface area contributed by atoms with E-state index in [9.17, 15) is 5.11 Å². The first-order valence-corrected chi connectivity index (χ1v) is 4.41. The number of phenols is 1. The number of hydrogen-bond acceptors (Lipinski definition) is 3. The number of phenolic OH excluding ortho intramolecular Hbond substituents is 1. The zero-order valence-corrected chi connectivity index (χ0v) is 8.20. The van der Waals surface area contributed by atoms with Gasteiger partial charge in [-0.3, -0.25) is 0 Å². The fraction of sp³-hybridized carbons (Fsp3) is 0.182. The van der Waals surface area contributed by atoms with E-state index in [1.807, 2.05) is 18.2 Å². The van der Waals surface area contributed by atoms with Gasteiger partial charge in [0.2, 0.25) is 0 Å². The molecular weight excluding hydrogens is 176 g/mol. The van der Waals surface area contributed by atoms with Gasteiger partial charge in [-0.25, -0.2) is 0 Å². The van der Waals surface area contributed by atoms with Gasteiger partial charge in [0.25, 0.3) is 0 Å². The van der Waals surface area contributed by atoms with Crippen molar-refractivity contribution in [2.75, 3.05) is 7.05 Å². The van der Waals surface area contributed by atoms with Gasteiger partial charge in [0.05, 0.1) is 6.21 Å². The van der Waals surface area contributed by atoms with Crippen molar-refractivity contribution in [3.05, 3.63) is 42.0 Å². The molecule has 2 N–H and O–H groups in total. The third-order valence-corrected chi connectivity index (χ3v) is 1.85. The monoisotopic (exact) mass is 190 g/mol. The number of rotatable bonds is 4. The van der Waals surface area contributed by atoms with Crippen LogP contribution in [0.4, 0.5) is 0 Å². The fourth-order valence-corrected chi connectivity index (χ4v) is 1.17. The average molecular weight is 190 g/mol. The lowest BCUT2D eigenvalue weighted by Crippen LogP contribution is -1.96. The first-order chi connectivity index (χ1) is 6.79. The van der Waals surface area contributed by atoms with Crippen LogP contribution in [0.1, 0.15) is 11.1 Å². The van der Waals surface area contributed by atoms with Crippen molar-refractivity contribution in [1.82, 2.24) is 5.43 Å². The SMILES string of the molecule is C=CCc1cccc(/C=N\NC)c1O. The Morgan fingerprint density at radius 3 is 3.00 bits per heavy atom. The van der Waals surface area contributed by atoms with Gasteiger partial charge >= 0.3 is 0 Å². The van der Waals surface area contributed by atoms with Gasteiger partial charge in [-0.05, 0) is 18.1 Å². The van der Waals surface area contributed by atoms with E-state index >= 15 is 0 Å². The van der Waals surface area contributed by atoms with Crippen molar-refractivity contribution >= 4 is 6.21 Å². The summed E-state index contributed by atoms with van der Waals surface area (Å²) in [5.74, 6) is 0.270. The highest BCUT2D eigenvalue weighted by Crippen LogP contribution is 2.21. The van der Waals surface area contributed by atoms with Crippen molar-refractivity contribution in [3.63, 3.8) is 0 Å². The Bertz CT molecular complexity index is 345. The van der Waals surface area contributed by atoms with Crippen molar-refractivity contribution in [2.24, 2.45) is 5.10 Å². The molecule has 1 aromatic rings. The Balaban J connectivity index is 3.00. The number of allylic oxidation sites excluding steroid dienone is 1. The van der Waals surface area contributed by atoms with Crippen LogP contribution < -0.4 is 5.43 Å². The van der Waals surface area contributed by atoms with Crippen LogP contribution in [0.2, 0.25) is 0 Å². The number of para-hydroxylation sites is 1. The Hall–Kier alpha value is -1.77. The van der Waals surface area contributed by atoms with E-state index in [0.29, 0.717) is 12.0 Å². The standard InChI is InChI=1S/C11H14N2O/c1-3-5-9-6-4-7-10(11(9)14)8-13-12-2/h3-4,6-8,12,14H,1,5H2,2H3/b13-8-. The molecule has 0 aromatic heterocycles. The van der Waals surface area contributed by atoms with Crippen molar-refractivity contribution in [2.45, 2.75) is 6.42 Å². The number of aromatic hydroxyl groups is 1. The zero-order chi connectivity index (χ0) is 10.4. The zero-order valence-electron chi connectivity index (χ0n) is 8.20. The van der Waals surface area contributed by atoms with Crippen molar-refractivity contribution in [3.8, 4) is 5.75 Å². The number of hydrazone groups is 1. The van der Waals surface area contributed by atoms with Gasteiger partial charge in [-0.2, -0.15) is 5.10 Å². The van der Waals surface area contributed by atoms with E-state index in [1.54, 1.807) is 19.3 Å². The maximum atomic E-state index is 9.78. The summed E-state index contributed by atoms with van der Waals surface area (Å²) in [7, 11) is 1.71. The molecule has 74 valence electrons. The molecule has 14 heavy (non-hydrogen) atoms. The first-order valence-electron chi connectivity index (χ1n) is 4.41. The van der Waals surface area contributed by atoms with E-state index in [-0.39, 0.29) is 5.75 Å². The smallest absolute Gasteiger partial charge is 0.127 e. The van der Waals surface area contributed by atoms with Crippen molar-refractivity contribution in [1.29, 1.82) is 0 Å². The molecule has 1 aromatic carbocycles. The lowest BCUT2D eigenvalue weighted by molar-refractivity contribution is 0.469. The summed E-state index contributed by atoms with van der Waals surface area (Å²) in [5.41, 5.74) is 4.20. The molecule has 1 rings (SSSR count). The van der Waals surface area contributed by atoms with Crippen LogP contribution in [0.5, 0.6) is 5.75 Å². The molecule has 0 spiro atoms. The third-order valence-electron chi connectivity index (χ3n) is 1.85. The van der Waals surface area contributed by atoms with E-state index < -0.39 is 0 Å². The van der Waals surface area contributed by atoms with Gasteiger partial charge in [-0.1, -0.05) is 18.2 Å². The lowest BCUT2D eigenvalue weighted by Gasteiger charge is -2.03. The number of nitrogens with zero attached hydrogens (tertiary/aromatic N) is 1. The quantitative estimate of drug-likeness (QED) is 0.431. The Morgan fingerprint density at radius 2 is 2.36 bits per heavy atom.